The minimum atomic E-state index is 0.0380. The first-order valence-electron chi connectivity index (χ1n) is 9.86. The van der Waals surface area contributed by atoms with Crippen molar-refractivity contribution in [2.75, 3.05) is 37.6 Å². The lowest BCUT2D eigenvalue weighted by atomic mass is 10.1. The zero-order valence-electron chi connectivity index (χ0n) is 16.6. The summed E-state index contributed by atoms with van der Waals surface area (Å²) in [5.74, 6) is 0.0380. The number of hydrogen-bond donors (Lipinski definition) is 0. The normalized spacial score (nSPS) is 15.2. The summed E-state index contributed by atoms with van der Waals surface area (Å²) in [5, 5.41) is 0. The van der Waals surface area contributed by atoms with Gasteiger partial charge >= 0.3 is 0 Å². The van der Waals surface area contributed by atoms with Crippen molar-refractivity contribution in [3.05, 3.63) is 59.9 Å². The van der Waals surface area contributed by atoms with Crippen LogP contribution in [0, 0.1) is 0 Å². The first kappa shape index (κ1) is 19.4. The smallest absolute Gasteiger partial charge is 0.272 e. The Labute approximate surface area is 162 Å². The molecule has 0 saturated carbocycles. The van der Waals surface area contributed by atoms with E-state index in [0.29, 0.717) is 11.7 Å². The summed E-state index contributed by atoms with van der Waals surface area (Å²) in [6.07, 6.45) is 1.76. The van der Waals surface area contributed by atoms with Crippen LogP contribution in [0.1, 0.15) is 36.8 Å². The van der Waals surface area contributed by atoms with Crippen molar-refractivity contribution in [3.63, 3.8) is 0 Å². The highest BCUT2D eigenvalue weighted by Crippen LogP contribution is 2.21. The highest BCUT2D eigenvalue weighted by Gasteiger charge is 2.23. The number of hydrogen-bond acceptors (Lipinski definition) is 4. The Bertz CT molecular complexity index is 739. The van der Waals surface area contributed by atoms with Crippen LogP contribution in [0.15, 0.2) is 48.7 Å². The molecule has 3 rings (SSSR count). The average molecular weight is 367 g/mol. The van der Waals surface area contributed by atoms with Gasteiger partial charge in [0, 0.05) is 50.6 Å². The first-order chi connectivity index (χ1) is 13.1. The number of aromatic nitrogens is 1. The summed E-state index contributed by atoms with van der Waals surface area (Å²) < 4.78 is 0. The van der Waals surface area contributed by atoms with Gasteiger partial charge in [-0.15, -0.1) is 0 Å². The van der Waals surface area contributed by atoms with Crippen molar-refractivity contribution in [1.82, 2.24) is 14.8 Å². The van der Waals surface area contributed by atoms with Crippen LogP contribution in [0.3, 0.4) is 0 Å². The minimum absolute atomic E-state index is 0.0380. The van der Waals surface area contributed by atoms with E-state index in [2.05, 4.69) is 59.8 Å². The van der Waals surface area contributed by atoms with Crippen LogP contribution in [0.5, 0.6) is 0 Å². The monoisotopic (exact) mass is 366 g/mol. The maximum absolute atomic E-state index is 12.9. The van der Waals surface area contributed by atoms with Crippen LogP contribution in [0.25, 0.3) is 0 Å². The van der Waals surface area contributed by atoms with Crippen molar-refractivity contribution < 1.29 is 4.79 Å². The summed E-state index contributed by atoms with van der Waals surface area (Å²) in [7, 11) is 0. The molecule has 0 bridgehead atoms. The third-order valence-corrected chi connectivity index (χ3v) is 5.22. The molecule has 0 atom stereocenters. The fourth-order valence-corrected chi connectivity index (χ4v) is 3.50. The van der Waals surface area contributed by atoms with E-state index in [1.807, 2.05) is 23.1 Å². The largest absolute Gasteiger partial charge is 0.365 e. The van der Waals surface area contributed by atoms with Crippen LogP contribution in [0.4, 0.5) is 5.69 Å². The molecule has 0 spiro atoms. The first-order valence-corrected chi connectivity index (χ1v) is 9.86. The van der Waals surface area contributed by atoms with E-state index in [0.717, 1.165) is 45.0 Å². The standard InChI is InChI=1S/C22H30N4O/c1-4-24-12-14-25(15-13-24)22(27)21-16-20(10-11-23-21)26(18(2)3)17-19-8-6-5-7-9-19/h5-11,16,18H,4,12-15,17H2,1-3H3. The van der Waals surface area contributed by atoms with E-state index in [9.17, 15) is 4.79 Å². The summed E-state index contributed by atoms with van der Waals surface area (Å²) in [6, 6.07) is 14.7. The number of pyridine rings is 1. The second-order valence-electron chi connectivity index (χ2n) is 7.33. The molecule has 0 aliphatic carbocycles. The topological polar surface area (TPSA) is 39.7 Å². The van der Waals surface area contributed by atoms with Gasteiger partial charge in [-0.3, -0.25) is 9.78 Å². The lowest BCUT2D eigenvalue weighted by Crippen LogP contribution is -2.48. The number of benzene rings is 1. The molecule has 27 heavy (non-hydrogen) atoms. The summed E-state index contributed by atoms with van der Waals surface area (Å²) in [6.45, 7) is 11.8. The van der Waals surface area contributed by atoms with Crippen molar-refractivity contribution in [2.45, 2.75) is 33.4 Å². The number of rotatable bonds is 6. The number of nitrogens with zero attached hydrogens (tertiary/aromatic N) is 4. The van der Waals surface area contributed by atoms with Crippen LogP contribution in [0.2, 0.25) is 0 Å². The van der Waals surface area contributed by atoms with Gasteiger partial charge in [0.25, 0.3) is 5.91 Å². The minimum Gasteiger partial charge on any atom is -0.365 e. The van der Waals surface area contributed by atoms with Crippen LogP contribution >= 0.6 is 0 Å². The Kier molecular flexibility index (Phi) is 6.45. The lowest BCUT2D eigenvalue weighted by Gasteiger charge is -2.34. The van der Waals surface area contributed by atoms with Crippen LogP contribution in [-0.4, -0.2) is 59.5 Å². The SMILES string of the molecule is CCN1CCN(C(=O)c2cc(N(Cc3ccccc3)C(C)C)ccn2)CC1. The van der Waals surface area contributed by atoms with Crippen LogP contribution < -0.4 is 4.90 Å². The van der Waals surface area contributed by atoms with Gasteiger partial charge in [0.2, 0.25) is 0 Å². The van der Waals surface area contributed by atoms with E-state index in [1.54, 1.807) is 6.20 Å². The maximum atomic E-state index is 12.9. The van der Waals surface area contributed by atoms with Crippen LogP contribution in [-0.2, 0) is 6.54 Å². The molecule has 144 valence electrons. The van der Waals surface area contributed by atoms with Crippen molar-refractivity contribution in [1.29, 1.82) is 0 Å². The molecule has 2 aromatic rings. The molecular formula is C22H30N4O. The Morgan fingerprint density at radius 1 is 1.11 bits per heavy atom. The molecule has 1 aliphatic heterocycles. The molecule has 1 fully saturated rings. The number of likely N-dealkylation sites (N-methyl/N-ethyl adjacent to an activating group) is 1. The second kappa shape index (κ2) is 9.00. The van der Waals surface area contributed by atoms with E-state index >= 15 is 0 Å². The molecule has 0 radical (unpaired) electrons. The third-order valence-electron chi connectivity index (χ3n) is 5.22. The number of piperazine rings is 1. The fraction of sp³-hybridized carbons (Fsp3) is 0.455. The molecule has 1 aromatic heterocycles. The predicted octanol–water partition coefficient (Wildman–Crippen LogP) is 3.27. The molecule has 0 unspecified atom stereocenters. The summed E-state index contributed by atoms with van der Waals surface area (Å²) in [4.78, 5) is 23.9. The number of carbonyl (C=O) groups excluding carboxylic acids is 1. The Morgan fingerprint density at radius 3 is 2.44 bits per heavy atom. The van der Waals surface area contributed by atoms with Crippen molar-refractivity contribution in [2.24, 2.45) is 0 Å². The molecule has 5 nitrogen and oxygen atoms in total. The second-order valence-corrected chi connectivity index (χ2v) is 7.33. The Morgan fingerprint density at radius 2 is 1.81 bits per heavy atom. The van der Waals surface area contributed by atoms with E-state index < -0.39 is 0 Å². The van der Waals surface area contributed by atoms with Gasteiger partial charge in [-0.1, -0.05) is 37.3 Å². The quantitative estimate of drug-likeness (QED) is 0.787. The Hall–Kier alpha value is -2.40. The van der Waals surface area contributed by atoms with Gasteiger partial charge in [-0.25, -0.2) is 0 Å². The molecule has 1 aliphatic rings. The zero-order chi connectivity index (χ0) is 19.2. The Balaban J connectivity index is 1.76. The lowest BCUT2D eigenvalue weighted by molar-refractivity contribution is 0.0637. The van der Waals surface area contributed by atoms with E-state index in [4.69, 9.17) is 0 Å². The van der Waals surface area contributed by atoms with Gasteiger partial charge in [0.1, 0.15) is 5.69 Å². The van der Waals surface area contributed by atoms with Crippen molar-refractivity contribution in [3.8, 4) is 0 Å². The van der Waals surface area contributed by atoms with Gasteiger partial charge < -0.3 is 14.7 Å². The van der Waals surface area contributed by atoms with E-state index in [1.165, 1.54) is 5.56 Å². The maximum Gasteiger partial charge on any atom is 0.272 e. The zero-order valence-corrected chi connectivity index (χ0v) is 16.6. The highest BCUT2D eigenvalue weighted by molar-refractivity contribution is 5.93. The molecule has 1 aromatic carbocycles. The van der Waals surface area contributed by atoms with Gasteiger partial charge in [-0.05, 0) is 38.1 Å². The number of carbonyl (C=O) groups is 1. The highest BCUT2D eigenvalue weighted by atomic mass is 16.2. The van der Waals surface area contributed by atoms with E-state index in [-0.39, 0.29) is 5.91 Å². The number of anilines is 1. The predicted molar refractivity (Wildman–Crippen MR) is 110 cm³/mol. The summed E-state index contributed by atoms with van der Waals surface area (Å²) >= 11 is 0. The third kappa shape index (κ3) is 4.86. The van der Waals surface area contributed by atoms with Gasteiger partial charge in [0.05, 0.1) is 0 Å². The number of amides is 1. The molecule has 0 N–H and O–H groups in total. The molecular weight excluding hydrogens is 336 g/mol. The van der Waals surface area contributed by atoms with Crippen molar-refractivity contribution >= 4 is 11.6 Å². The molecule has 1 amide bonds. The van der Waals surface area contributed by atoms with Gasteiger partial charge in [-0.2, -0.15) is 0 Å². The molecule has 2 heterocycles. The fourth-order valence-electron chi connectivity index (χ4n) is 3.50. The average Bonchev–Trinajstić information content (AvgIpc) is 2.72. The summed E-state index contributed by atoms with van der Waals surface area (Å²) in [5.41, 5.74) is 2.84. The molecule has 1 saturated heterocycles. The molecule has 5 heteroatoms. The van der Waals surface area contributed by atoms with Gasteiger partial charge in [0.15, 0.2) is 0 Å².